The lowest BCUT2D eigenvalue weighted by atomic mass is 10.0. The van der Waals surface area contributed by atoms with Crippen molar-refractivity contribution in [2.24, 2.45) is 0 Å². The highest BCUT2D eigenvalue weighted by Gasteiger charge is 2.44. The van der Waals surface area contributed by atoms with Crippen molar-refractivity contribution in [1.82, 2.24) is 0 Å². The van der Waals surface area contributed by atoms with Gasteiger partial charge >= 0.3 is 5.97 Å². The first-order valence-corrected chi connectivity index (χ1v) is 12.0. The van der Waals surface area contributed by atoms with Crippen LogP contribution in [0.4, 0.5) is 0 Å². The number of carbonyl (C=O) groups excluding carboxylic acids is 1. The van der Waals surface area contributed by atoms with E-state index in [0.29, 0.717) is 0 Å². The van der Waals surface area contributed by atoms with Crippen LogP contribution in [0.2, 0.25) is 0 Å². The average Bonchev–Trinajstić information content (AvgIpc) is 2.93. The fourth-order valence-electron chi connectivity index (χ4n) is 4.25. The summed E-state index contributed by atoms with van der Waals surface area (Å²) in [4.78, 5) is 26.4. The number of aliphatic hydroxyl groups excluding tert-OH is 2. The Balaban J connectivity index is 1.60. The van der Waals surface area contributed by atoms with Crippen molar-refractivity contribution < 1.29 is 69.4 Å². The van der Waals surface area contributed by atoms with Crippen molar-refractivity contribution >= 4 is 16.9 Å². The van der Waals surface area contributed by atoms with Crippen LogP contribution >= 0.6 is 0 Å². The molecule has 4 atom stereocenters. The van der Waals surface area contributed by atoms with Crippen LogP contribution in [0.15, 0.2) is 51.7 Å². The predicted molar refractivity (Wildman–Crippen MR) is 138 cm³/mol. The third-order valence-corrected chi connectivity index (χ3v) is 6.37. The van der Waals surface area contributed by atoms with Gasteiger partial charge in [-0.3, -0.25) is 4.79 Å². The summed E-state index contributed by atoms with van der Waals surface area (Å²) in [6.45, 7) is -0.561. The van der Waals surface area contributed by atoms with Crippen LogP contribution in [0, 0.1) is 0 Å². The highest BCUT2D eigenvalue weighted by Crippen LogP contribution is 2.40. The van der Waals surface area contributed by atoms with E-state index in [2.05, 4.69) is 0 Å². The Morgan fingerprint density at radius 1 is 0.833 bits per heavy atom. The van der Waals surface area contributed by atoms with Gasteiger partial charge < -0.3 is 64.6 Å². The molecule has 0 amide bonds. The highest BCUT2D eigenvalue weighted by molar-refractivity contribution is 5.91. The van der Waals surface area contributed by atoms with Crippen molar-refractivity contribution in [2.45, 2.75) is 24.6 Å². The number of esters is 1. The molecule has 1 saturated heterocycles. The van der Waals surface area contributed by atoms with Gasteiger partial charge in [0.1, 0.15) is 34.7 Å². The van der Waals surface area contributed by atoms with Crippen molar-refractivity contribution in [3.63, 3.8) is 0 Å². The molecule has 220 valence electrons. The number of benzene rings is 3. The number of phenols is 7. The maximum Gasteiger partial charge on any atom is 0.339 e. The molecule has 5 rings (SSSR count). The van der Waals surface area contributed by atoms with Gasteiger partial charge in [-0.2, -0.15) is 0 Å². The molecule has 0 unspecified atom stereocenters. The van der Waals surface area contributed by atoms with Crippen LogP contribution in [0.3, 0.4) is 0 Å². The number of phenolic OH excluding ortho intramolecular Hbond substituents is 7. The minimum atomic E-state index is -1.86. The number of carbonyl (C=O) groups is 1. The molecule has 15 nitrogen and oxygen atoms in total. The smallest absolute Gasteiger partial charge is 0.339 e. The molecule has 2 heterocycles. The van der Waals surface area contributed by atoms with Gasteiger partial charge in [0.15, 0.2) is 40.6 Å². The minimum absolute atomic E-state index is 0.0397. The molecule has 0 saturated carbocycles. The molecule has 1 aliphatic rings. The first kappa shape index (κ1) is 28.2. The summed E-state index contributed by atoms with van der Waals surface area (Å²) in [6, 6.07) is 6.71. The SMILES string of the molecule is O=C(O[C@@H]1[C@@H](Oc2c(-c3ccc(O)c(O)c3)oc3cc(O)cc(O)c3c2=O)OC[C@H](O)[C@H]1O)c1cc(O)c(O)c(O)c1. The molecule has 4 aromatic rings. The van der Waals surface area contributed by atoms with E-state index >= 15 is 0 Å². The summed E-state index contributed by atoms with van der Waals surface area (Å²) in [5, 5.41) is 89.4. The van der Waals surface area contributed by atoms with Gasteiger partial charge in [-0.1, -0.05) is 0 Å². The summed E-state index contributed by atoms with van der Waals surface area (Å²) in [5.74, 6) is -7.28. The Morgan fingerprint density at radius 3 is 2.19 bits per heavy atom. The van der Waals surface area contributed by atoms with Crippen molar-refractivity contribution in [1.29, 1.82) is 0 Å². The van der Waals surface area contributed by atoms with Gasteiger partial charge in [0.2, 0.25) is 17.5 Å². The standard InChI is InChI=1S/C27H22O15/c28-11-6-14(31)19-18(7-11)40-23(9-1-2-12(29)13(30)3-9)24(22(19)37)42-27-25(21(36)17(34)8-39-27)41-26(38)10-4-15(32)20(35)16(33)5-10/h1-7,17,21,25,27-36H,8H2/t17-,21+,25-,27+/m0/s1. The molecule has 1 aliphatic heterocycles. The second kappa shape index (κ2) is 10.5. The Kier molecular flexibility index (Phi) is 7.07. The molecule has 0 aliphatic carbocycles. The summed E-state index contributed by atoms with van der Waals surface area (Å²) >= 11 is 0. The number of aromatic hydroxyl groups is 7. The lowest BCUT2D eigenvalue weighted by Crippen LogP contribution is -2.56. The summed E-state index contributed by atoms with van der Waals surface area (Å²) in [7, 11) is 0. The van der Waals surface area contributed by atoms with Crippen molar-refractivity contribution in [2.75, 3.05) is 6.61 Å². The lowest BCUT2D eigenvalue weighted by molar-refractivity contribution is -0.241. The fraction of sp³-hybridized carbons (Fsp3) is 0.185. The monoisotopic (exact) mass is 586 g/mol. The summed E-state index contributed by atoms with van der Waals surface area (Å²) < 4.78 is 22.1. The summed E-state index contributed by atoms with van der Waals surface area (Å²) in [5.41, 5.74) is -1.85. The fourth-order valence-corrected chi connectivity index (χ4v) is 4.25. The quantitative estimate of drug-likeness (QED) is 0.117. The van der Waals surface area contributed by atoms with E-state index in [-0.39, 0.29) is 11.1 Å². The van der Waals surface area contributed by atoms with E-state index in [9.17, 15) is 55.5 Å². The van der Waals surface area contributed by atoms with E-state index in [0.717, 1.165) is 36.4 Å². The van der Waals surface area contributed by atoms with E-state index in [1.165, 1.54) is 6.07 Å². The molecule has 1 aromatic heterocycles. The molecular formula is C27H22O15. The highest BCUT2D eigenvalue weighted by atomic mass is 16.7. The second-order valence-corrected chi connectivity index (χ2v) is 9.24. The minimum Gasteiger partial charge on any atom is -0.508 e. The third kappa shape index (κ3) is 4.98. The second-order valence-electron chi connectivity index (χ2n) is 9.24. The predicted octanol–water partition coefficient (Wildman–Crippen LogP) is 1.08. The Hall–Kier alpha value is -5.38. The van der Waals surface area contributed by atoms with Gasteiger partial charge in [-0.25, -0.2) is 4.79 Å². The van der Waals surface area contributed by atoms with E-state index in [1.807, 2.05) is 0 Å². The topological polar surface area (TPSA) is 257 Å². The number of hydrogen-bond acceptors (Lipinski definition) is 15. The molecule has 0 radical (unpaired) electrons. The Bertz CT molecular complexity index is 1740. The van der Waals surface area contributed by atoms with Gasteiger partial charge in [0.25, 0.3) is 0 Å². The summed E-state index contributed by atoms with van der Waals surface area (Å²) in [6.07, 6.45) is -7.14. The third-order valence-electron chi connectivity index (χ3n) is 6.37. The molecule has 1 fully saturated rings. The number of rotatable bonds is 5. The maximum atomic E-state index is 13.6. The van der Waals surface area contributed by atoms with Crippen molar-refractivity contribution in [3.05, 3.63) is 58.3 Å². The molecular weight excluding hydrogens is 564 g/mol. The van der Waals surface area contributed by atoms with Crippen LogP contribution in [0.5, 0.6) is 46.0 Å². The van der Waals surface area contributed by atoms with Gasteiger partial charge in [-0.15, -0.1) is 0 Å². The van der Waals surface area contributed by atoms with Crippen LogP contribution in [-0.2, 0) is 9.47 Å². The molecule has 9 N–H and O–H groups in total. The van der Waals surface area contributed by atoms with E-state index in [4.69, 9.17) is 18.6 Å². The van der Waals surface area contributed by atoms with Crippen LogP contribution in [0.1, 0.15) is 10.4 Å². The number of fused-ring (bicyclic) bond motifs is 1. The zero-order valence-corrected chi connectivity index (χ0v) is 21.0. The van der Waals surface area contributed by atoms with Crippen LogP contribution in [0.25, 0.3) is 22.3 Å². The maximum absolute atomic E-state index is 13.6. The average molecular weight is 586 g/mol. The van der Waals surface area contributed by atoms with Gasteiger partial charge in [-0.05, 0) is 30.3 Å². The Morgan fingerprint density at radius 2 is 1.52 bits per heavy atom. The largest absolute Gasteiger partial charge is 0.508 e. The molecule has 42 heavy (non-hydrogen) atoms. The molecule has 0 spiro atoms. The first-order valence-electron chi connectivity index (χ1n) is 12.0. The Labute approximate surface area is 233 Å². The van der Waals surface area contributed by atoms with E-state index < -0.39 is 105 Å². The molecule has 0 bridgehead atoms. The number of aliphatic hydroxyl groups is 2. The first-order chi connectivity index (χ1) is 19.8. The lowest BCUT2D eigenvalue weighted by Gasteiger charge is -2.37. The number of hydrogen-bond donors (Lipinski definition) is 9. The zero-order chi connectivity index (χ0) is 30.5. The van der Waals surface area contributed by atoms with Crippen LogP contribution in [-0.4, -0.2) is 83.1 Å². The number of ether oxygens (including phenoxy) is 3. The molecule has 3 aromatic carbocycles. The van der Waals surface area contributed by atoms with Gasteiger partial charge in [0, 0.05) is 17.7 Å². The molecule has 15 heteroatoms. The van der Waals surface area contributed by atoms with Gasteiger partial charge in [0.05, 0.1) is 12.2 Å². The van der Waals surface area contributed by atoms with Crippen LogP contribution < -0.4 is 10.2 Å². The normalized spacial score (nSPS) is 20.3. The van der Waals surface area contributed by atoms with Crippen molar-refractivity contribution in [3.8, 4) is 57.3 Å². The zero-order valence-electron chi connectivity index (χ0n) is 21.0. The van der Waals surface area contributed by atoms with E-state index in [1.54, 1.807) is 0 Å².